The number of nitrogens with two attached hydrogens (primary N) is 1. The van der Waals surface area contributed by atoms with E-state index in [1.807, 2.05) is 0 Å². The van der Waals surface area contributed by atoms with Gasteiger partial charge in [0.2, 0.25) is 0 Å². The maximum absolute atomic E-state index is 10.9. The van der Waals surface area contributed by atoms with Crippen LogP contribution in [0.1, 0.15) is 77.6 Å². The Labute approximate surface area is 118 Å². The zero-order valence-corrected chi connectivity index (χ0v) is 13.1. The van der Waals surface area contributed by atoms with Crippen molar-refractivity contribution in [2.24, 2.45) is 5.73 Å². The summed E-state index contributed by atoms with van der Waals surface area (Å²) in [6.45, 7) is 2.23. The van der Waals surface area contributed by atoms with E-state index in [1.165, 1.54) is 44.9 Å². The quantitative estimate of drug-likeness (QED) is 0.402. The molecule has 116 valence electrons. The summed E-state index contributed by atoms with van der Waals surface area (Å²) in [5.41, 5.74) is 5.34. The minimum Gasteiger partial charge on any atom is -0.329 e. The normalized spacial score (nSPS) is 13.6. The van der Waals surface area contributed by atoms with Gasteiger partial charge in [-0.1, -0.05) is 71.1 Å². The lowest BCUT2D eigenvalue weighted by Gasteiger charge is -2.10. The lowest BCUT2D eigenvalue weighted by molar-refractivity contribution is 0.456. The topological polar surface area (TPSA) is 80.4 Å². The molecule has 0 amide bonds. The molecular formula is C14H31NO3S. The molecule has 0 saturated carbocycles. The Morgan fingerprint density at radius 2 is 1.32 bits per heavy atom. The van der Waals surface area contributed by atoms with Crippen LogP contribution in [0.3, 0.4) is 0 Å². The van der Waals surface area contributed by atoms with E-state index in [2.05, 4.69) is 6.92 Å². The first-order valence-corrected chi connectivity index (χ1v) is 9.19. The van der Waals surface area contributed by atoms with Crippen molar-refractivity contribution in [3.8, 4) is 0 Å². The van der Waals surface area contributed by atoms with E-state index in [1.54, 1.807) is 0 Å². The molecule has 0 rings (SSSR count). The zero-order chi connectivity index (χ0) is 14.6. The molecule has 5 heteroatoms. The van der Waals surface area contributed by atoms with E-state index in [9.17, 15) is 8.42 Å². The highest BCUT2D eigenvalue weighted by molar-refractivity contribution is 7.86. The first kappa shape index (κ1) is 18.9. The van der Waals surface area contributed by atoms with Crippen molar-refractivity contribution in [2.75, 3.05) is 6.54 Å². The van der Waals surface area contributed by atoms with Crippen LogP contribution in [0.25, 0.3) is 0 Å². The molecule has 0 spiro atoms. The summed E-state index contributed by atoms with van der Waals surface area (Å²) in [6.07, 6.45) is 12.6. The van der Waals surface area contributed by atoms with Gasteiger partial charge in [0.25, 0.3) is 10.1 Å². The first-order valence-electron chi connectivity index (χ1n) is 7.68. The van der Waals surface area contributed by atoms with Crippen molar-refractivity contribution in [3.63, 3.8) is 0 Å². The molecule has 3 N–H and O–H groups in total. The maximum atomic E-state index is 10.9. The van der Waals surface area contributed by atoms with E-state index >= 15 is 0 Å². The summed E-state index contributed by atoms with van der Waals surface area (Å²) in [5, 5.41) is -0.776. The Morgan fingerprint density at radius 3 is 1.68 bits per heavy atom. The van der Waals surface area contributed by atoms with E-state index in [-0.39, 0.29) is 6.54 Å². The second-order valence-corrected chi connectivity index (χ2v) is 7.04. The Hall–Kier alpha value is -0.130. The largest absolute Gasteiger partial charge is 0.329 e. The lowest BCUT2D eigenvalue weighted by Crippen LogP contribution is -2.29. The predicted octanol–water partition coefficient (Wildman–Crippen LogP) is 3.51. The van der Waals surface area contributed by atoms with Crippen LogP contribution in [0.4, 0.5) is 0 Å². The number of hydrogen-bond acceptors (Lipinski definition) is 3. The highest BCUT2D eigenvalue weighted by atomic mass is 32.2. The van der Waals surface area contributed by atoms with E-state index < -0.39 is 15.4 Å². The molecule has 0 radical (unpaired) electrons. The van der Waals surface area contributed by atoms with Crippen LogP contribution in [-0.4, -0.2) is 24.8 Å². The van der Waals surface area contributed by atoms with E-state index in [4.69, 9.17) is 10.3 Å². The summed E-state index contributed by atoms with van der Waals surface area (Å²) in [4.78, 5) is 0. The van der Waals surface area contributed by atoms with Crippen molar-refractivity contribution in [1.82, 2.24) is 0 Å². The first-order chi connectivity index (χ1) is 9.02. The van der Waals surface area contributed by atoms with Crippen LogP contribution in [0, 0.1) is 0 Å². The summed E-state index contributed by atoms with van der Waals surface area (Å²) in [7, 11) is -3.95. The highest BCUT2D eigenvalue weighted by Crippen LogP contribution is 2.13. The molecule has 1 unspecified atom stereocenters. The van der Waals surface area contributed by atoms with Gasteiger partial charge in [-0.25, -0.2) is 0 Å². The third-order valence-electron chi connectivity index (χ3n) is 3.56. The minimum atomic E-state index is -3.95. The molecule has 19 heavy (non-hydrogen) atoms. The molecule has 0 aromatic rings. The molecule has 0 aliphatic heterocycles. The molecule has 4 nitrogen and oxygen atoms in total. The van der Waals surface area contributed by atoms with Gasteiger partial charge in [-0.05, 0) is 6.42 Å². The minimum absolute atomic E-state index is 0.0102. The Morgan fingerprint density at radius 1 is 0.895 bits per heavy atom. The second kappa shape index (κ2) is 11.7. The van der Waals surface area contributed by atoms with E-state index in [0.717, 1.165) is 19.3 Å². The monoisotopic (exact) mass is 293 g/mol. The molecule has 0 aliphatic carbocycles. The lowest BCUT2D eigenvalue weighted by atomic mass is 10.1. The van der Waals surface area contributed by atoms with E-state index in [0.29, 0.717) is 6.42 Å². The molecule has 0 aromatic carbocycles. The Balaban J connectivity index is 3.35. The molecule has 1 atom stereocenters. The fourth-order valence-electron chi connectivity index (χ4n) is 2.25. The standard InChI is InChI=1S/C14H31NO3S/c1-2-3-4-5-6-7-8-9-10-11-12-14(13-15)19(16,17)18/h14H,2-13,15H2,1H3,(H,16,17,18). The third-order valence-corrected chi connectivity index (χ3v) is 4.83. The van der Waals surface area contributed by atoms with Crippen molar-refractivity contribution < 1.29 is 13.0 Å². The van der Waals surface area contributed by atoms with Crippen LogP contribution in [0.5, 0.6) is 0 Å². The van der Waals surface area contributed by atoms with Crippen LogP contribution in [0.15, 0.2) is 0 Å². The molecule has 0 aliphatic rings. The summed E-state index contributed by atoms with van der Waals surface area (Å²) >= 11 is 0. The molecule has 0 aromatic heterocycles. The number of hydrogen-bond donors (Lipinski definition) is 2. The predicted molar refractivity (Wildman–Crippen MR) is 80.9 cm³/mol. The fraction of sp³-hybridized carbons (Fsp3) is 1.00. The molecule has 0 saturated heterocycles. The second-order valence-electron chi connectivity index (χ2n) is 5.34. The fourth-order valence-corrected chi connectivity index (χ4v) is 2.96. The number of rotatable bonds is 13. The molecule has 0 fully saturated rings. The van der Waals surface area contributed by atoms with Gasteiger partial charge in [0, 0.05) is 6.54 Å². The summed E-state index contributed by atoms with van der Waals surface area (Å²) < 4.78 is 30.8. The van der Waals surface area contributed by atoms with Gasteiger partial charge in [0.15, 0.2) is 0 Å². The average molecular weight is 293 g/mol. The molecule has 0 heterocycles. The van der Waals surface area contributed by atoms with Gasteiger partial charge in [0.05, 0.1) is 5.25 Å². The van der Waals surface area contributed by atoms with Crippen LogP contribution in [-0.2, 0) is 10.1 Å². The van der Waals surface area contributed by atoms with Crippen molar-refractivity contribution >= 4 is 10.1 Å². The van der Waals surface area contributed by atoms with Gasteiger partial charge < -0.3 is 5.73 Å². The SMILES string of the molecule is CCCCCCCCCCCCC(CN)S(=O)(=O)O. The van der Waals surface area contributed by atoms with Gasteiger partial charge in [0.1, 0.15) is 0 Å². The smallest absolute Gasteiger partial charge is 0.269 e. The Kier molecular flexibility index (Phi) is 11.6. The summed E-state index contributed by atoms with van der Waals surface area (Å²) in [5.74, 6) is 0. The maximum Gasteiger partial charge on any atom is 0.269 e. The number of unbranched alkanes of at least 4 members (excludes halogenated alkanes) is 9. The Bertz CT molecular complexity index is 291. The molecule has 0 bridgehead atoms. The average Bonchev–Trinajstić information content (AvgIpc) is 2.34. The van der Waals surface area contributed by atoms with Gasteiger partial charge in [-0.3, -0.25) is 4.55 Å². The zero-order valence-electron chi connectivity index (χ0n) is 12.3. The van der Waals surface area contributed by atoms with Crippen molar-refractivity contribution in [3.05, 3.63) is 0 Å². The van der Waals surface area contributed by atoms with Crippen molar-refractivity contribution in [2.45, 2.75) is 82.8 Å². The van der Waals surface area contributed by atoms with Crippen LogP contribution < -0.4 is 5.73 Å². The highest BCUT2D eigenvalue weighted by Gasteiger charge is 2.20. The van der Waals surface area contributed by atoms with Crippen LogP contribution in [0.2, 0.25) is 0 Å². The molecular weight excluding hydrogens is 262 g/mol. The van der Waals surface area contributed by atoms with Crippen LogP contribution >= 0.6 is 0 Å². The van der Waals surface area contributed by atoms with Gasteiger partial charge >= 0.3 is 0 Å². The van der Waals surface area contributed by atoms with Gasteiger partial charge in [-0.2, -0.15) is 8.42 Å². The van der Waals surface area contributed by atoms with Crippen molar-refractivity contribution in [1.29, 1.82) is 0 Å². The summed E-state index contributed by atoms with van der Waals surface area (Å²) in [6, 6.07) is 0. The third kappa shape index (κ3) is 11.4. The van der Waals surface area contributed by atoms with Gasteiger partial charge in [-0.15, -0.1) is 0 Å².